The Labute approximate surface area is 138 Å². The number of phenolic OH excluding ortho intramolecular Hbond substituents is 1. The molecular formula is C20H26O3. The van der Waals surface area contributed by atoms with Gasteiger partial charge in [0, 0.05) is 0 Å². The van der Waals surface area contributed by atoms with Crippen molar-refractivity contribution in [1.82, 2.24) is 0 Å². The second-order valence-corrected chi connectivity index (χ2v) is 6.24. The van der Waals surface area contributed by atoms with Crippen molar-refractivity contribution < 1.29 is 14.6 Å². The molecule has 0 unspecified atom stereocenters. The van der Waals surface area contributed by atoms with Crippen LogP contribution in [-0.2, 0) is 4.74 Å². The highest BCUT2D eigenvalue weighted by molar-refractivity contribution is 5.95. The smallest absolute Gasteiger partial charge is 0.338 e. The van der Waals surface area contributed by atoms with Crippen LogP contribution in [0.15, 0.2) is 36.4 Å². The Balaban J connectivity index is 1.78. The van der Waals surface area contributed by atoms with Crippen molar-refractivity contribution in [1.29, 1.82) is 0 Å². The van der Waals surface area contributed by atoms with Gasteiger partial charge in [-0.15, -0.1) is 0 Å². The number of benzene rings is 2. The summed E-state index contributed by atoms with van der Waals surface area (Å²) in [5, 5.41) is 11.3. The lowest BCUT2D eigenvalue weighted by Crippen LogP contribution is -2.06. The van der Waals surface area contributed by atoms with Crippen LogP contribution in [0.2, 0.25) is 0 Å². The van der Waals surface area contributed by atoms with E-state index in [0.717, 1.165) is 29.5 Å². The summed E-state index contributed by atoms with van der Waals surface area (Å²) in [5.74, 6) is 0.738. The summed E-state index contributed by atoms with van der Waals surface area (Å²) in [4.78, 5) is 12.1. The molecular weight excluding hydrogens is 288 g/mol. The molecule has 124 valence electrons. The van der Waals surface area contributed by atoms with Crippen LogP contribution in [0, 0.1) is 5.92 Å². The van der Waals surface area contributed by atoms with Gasteiger partial charge in [-0.25, -0.2) is 4.79 Å². The van der Waals surface area contributed by atoms with Crippen LogP contribution in [-0.4, -0.2) is 17.7 Å². The number of unbranched alkanes of at least 4 members (excludes halogenated alkanes) is 2. The van der Waals surface area contributed by atoms with Crippen LogP contribution in [0.5, 0.6) is 5.75 Å². The lowest BCUT2D eigenvalue weighted by molar-refractivity contribution is 0.0497. The first kappa shape index (κ1) is 17.3. The quantitative estimate of drug-likeness (QED) is 0.530. The van der Waals surface area contributed by atoms with Gasteiger partial charge in [-0.2, -0.15) is 0 Å². The number of aromatic hydroxyl groups is 1. The maximum atomic E-state index is 12.1. The summed E-state index contributed by atoms with van der Waals surface area (Å²) in [7, 11) is 0. The van der Waals surface area contributed by atoms with E-state index in [-0.39, 0.29) is 11.7 Å². The number of phenols is 1. The van der Waals surface area contributed by atoms with Gasteiger partial charge in [0.1, 0.15) is 5.75 Å². The van der Waals surface area contributed by atoms with Gasteiger partial charge in [0.05, 0.1) is 12.2 Å². The van der Waals surface area contributed by atoms with Crippen LogP contribution in [0.25, 0.3) is 10.8 Å². The zero-order valence-corrected chi connectivity index (χ0v) is 14.0. The molecule has 0 spiro atoms. The molecule has 0 aliphatic rings. The molecule has 1 atom stereocenters. The molecule has 2 rings (SSSR count). The maximum absolute atomic E-state index is 12.1. The van der Waals surface area contributed by atoms with Crippen molar-refractivity contribution in [2.45, 2.75) is 46.0 Å². The number of hydrogen-bond donors (Lipinski definition) is 1. The fourth-order valence-electron chi connectivity index (χ4n) is 2.58. The molecule has 2 aromatic carbocycles. The number of carbonyl (C=O) groups excluding carboxylic acids is 1. The van der Waals surface area contributed by atoms with Gasteiger partial charge in [-0.1, -0.05) is 51.7 Å². The van der Waals surface area contributed by atoms with E-state index < -0.39 is 0 Å². The Hall–Kier alpha value is -2.03. The Bertz CT molecular complexity index is 648. The summed E-state index contributed by atoms with van der Waals surface area (Å²) in [6, 6.07) is 10.5. The summed E-state index contributed by atoms with van der Waals surface area (Å²) in [6.07, 6.45) is 5.71. The third-order valence-corrected chi connectivity index (χ3v) is 4.33. The SMILES string of the molecule is CC[C@H](C)CCCCCOC(=O)c1ccc2cc(O)ccc2c1. The molecule has 2 aromatic rings. The highest BCUT2D eigenvalue weighted by Crippen LogP contribution is 2.21. The largest absolute Gasteiger partial charge is 0.508 e. The van der Waals surface area contributed by atoms with Crippen LogP contribution in [0.3, 0.4) is 0 Å². The molecule has 0 bridgehead atoms. The minimum atomic E-state index is -0.276. The molecule has 0 saturated heterocycles. The predicted octanol–water partition coefficient (Wildman–Crippen LogP) is 5.31. The molecule has 0 amide bonds. The first-order valence-electron chi connectivity index (χ1n) is 8.50. The van der Waals surface area contributed by atoms with Crippen LogP contribution in [0.4, 0.5) is 0 Å². The summed E-state index contributed by atoms with van der Waals surface area (Å²) in [5.41, 5.74) is 0.558. The molecule has 0 aromatic heterocycles. The Morgan fingerprint density at radius 1 is 1.09 bits per heavy atom. The van der Waals surface area contributed by atoms with E-state index in [4.69, 9.17) is 4.74 Å². The van der Waals surface area contributed by atoms with Crippen molar-refractivity contribution >= 4 is 16.7 Å². The van der Waals surface area contributed by atoms with E-state index in [0.29, 0.717) is 12.2 Å². The number of esters is 1. The van der Waals surface area contributed by atoms with Gasteiger partial charge in [-0.3, -0.25) is 0 Å². The Morgan fingerprint density at radius 3 is 2.61 bits per heavy atom. The molecule has 0 aliphatic heterocycles. The second kappa shape index (κ2) is 8.56. The van der Waals surface area contributed by atoms with E-state index in [9.17, 15) is 9.90 Å². The fraction of sp³-hybridized carbons (Fsp3) is 0.450. The van der Waals surface area contributed by atoms with E-state index in [1.54, 1.807) is 30.3 Å². The van der Waals surface area contributed by atoms with Crippen molar-refractivity contribution in [3.8, 4) is 5.75 Å². The topological polar surface area (TPSA) is 46.5 Å². The number of hydrogen-bond acceptors (Lipinski definition) is 3. The highest BCUT2D eigenvalue weighted by Gasteiger charge is 2.08. The average Bonchev–Trinajstić information content (AvgIpc) is 2.56. The van der Waals surface area contributed by atoms with Crippen LogP contribution >= 0.6 is 0 Å². The predicted molar refractivity (Wildman–Crippen MR) is 93.8 cm³/mol. The Kier molecular flexibility index (Phi) is 6.45. The molecule has 1 N–H and O–H groups in total. The summed E-state index contributed by atoms with van der Waals surface area (Å²) < 4.78 is 5.35. The lowest BCUT2D eigenvalue weighted by Gasteiger charge is -2.08. The van der Waals surface area contributed by atoms with Crippen LogP contribution in [0.1, 0.15) is 56.3 Å². The molecule has 0 aliphatic carbocycles. The third-order valence-electron chi connectivity index (χ3n) is 4.33. The average molecular weight is 314 g/mol. The van der Waals surface area contributed by atoms with Gasteiger partial charge in [0.2, 0.25) is 0 Å². The molecule has 0 radical (unpaired) electrons. The van der Waals surface area contributed by atoms with Gasteiger partial charge < -0.3 is 9.84 Å². The summed E-state index contributed by atoms with van der Waals surface area (Å²) in [6.45, 7) is 4.98. The van der Waals surface area contributed by atoms with Crippen LogP contribution < -0.4 is 0 Å². The molecule has 3 heteroatoms. The third kappa shape index (κ3) is 5.27. The van der Waals surface area contributed by atoms with Gasteiger partial charge in [-0.05, 0) is 47.4 Å². The van der Waals surface area contributed by atoms with Gasteiger partial charge >= 0.3 is 5.97 Å². The number of carbonyl (C=O) groups is 1. The molecule has 0 fully saturated rings. The van der Waals surface area contributed by atoms with Gasteiger partial charge in [0.25, 0.3) is 0 Å². The van der Waals surface area contributed by atoms with Crippen molar-refractivity contribution in [2.24, 2.45) is 5.92 Å². The second-order valence-electron chi connectivity index (χ2n) is 6.24. The first-order chi connectivity index (χ1) is 11.1. The minimum absolute atomic E-state index is 0.227. The fourth-order valence-corrected chi connectivity index (χ4v) is 2.58. The van der Waals surface area contributed by atoms with Crippen molar-refractivity contribution in [2.75, 3.05) is 6.61 Å². The van der Waals surface area contributed by atoms with Crippen molar-refractivity contribution in [3.63, 3.8) is 0 Å². The molecule has 3 nitrogen and oxygen atoms in total. The van der Waals surface area contributed by atoms with E-state index in [1.165, 1.54) is 19.3 Å². The monoisotopic (exact) mass is 314 g/mol. The normalized spacial score (nSPS) is 12.3. The zero-order chi connectivity index (χ0) is 16.7. The standard InChI is InChI=1S/C20H26O3/c1-3-15(2)7-5-4-6-12-23-20(22)18-9-8-17-14-19(21)11-10-16(17)13-18/h8-11,13-15,21H,3-7,12H2,1-2H3/t15-/m0/s1. The maximum Gasteiger partial charge on any atom is 0.338 e. The highest BCUT2D eigenvalue weighted by atomic mass is 16.5. The zero-order valence-electron chi connectivity index (χ0n) is 14.0. The first-order valence-corrected chi connectivity index (χ1v) is 8.50. The number of rotatable bonds is 8. The van der Waals surface area contributed by atoms with Gasteiger partial charge in [0.15, 0.2) is 0 Å². The minimum Gasteiger partial charge on any atom is -0.508 e. The molecule has 0 saturated carbocycles. The lowest BCUT2D eigenvalue weighted by atomic mass is 10.0. The summed E-state index contributed by atoms with van der Waals surface area (Å²) >= 11 is 0. The molecule has 0 heterocycles. The Morgan fingerprint density at radius 2 is 1.83 bits per heavy atom. The number of ether oxygens (including phenoxy) is 1. The van der Waals surface area contributed by atoms with E-state index >= 15 is 0 Å². The van der Waals surface area contributed by atoms with E-state index in [1.807, 2.05) is 6.07 Å². The van der Waals surface area contributed by atoms with E-state index in [2.05, 4.69) is 13.8 Å². The van der Waals surface area contributed by atoms with Crippen molar-refractivity contribution in [3.05, 3.63) is 42.0 Å². The number of fused-ring (bicyclic) bond motifs is 1. The molecule has 23 heavy (non-hydrogen) atoms.